The number of rotatable bonds is 7. The third-order valence-corrected chi connectivity index (χ3v) is 6.64. The molecule has 1 saturated heterocycles. The molecule has 0 unspecified atom stereocenters. The maximum Gasteiger partial charge on any atom is 0.220 e. The summed E-state index contributed by atoms with van der Waals surface area (Å²) in [6.45, 7) is 7.05. The highest BCUT2D eigenvalue weighted by molar-refractivity contribution is 5.77. The molecule has 2 N–H and O–H groups in total. The van der Waals surface area contributed by atoms with Gasteiger partial charge in [-0.1, -0.05) is 46.5 Å². The van der Waals surface area contributed by atoms with Crippen molar-refractivity contribution in [1.29, 1.82) is 0 Å². The molecule has 1 saturated carbocycles. The van der Waals surface area contributed by atoms with Gasteiger partial charge in [0.25, 0.3) is 0 Å². The normalized spacial score (nSPS) is 33.7. The number of hydrogen-bond donors (Lipinski definition) is 2. The van der Waals surface area contributed by atoms with Crippen LogP contribution < -0.4 is 5.32 Å². The van der Waals surface area contributed by atoms with Crippen molar-refractivity contribution in [3.05, 3.63) is 0 Å². The molecule has 0 radical (unpaired) electrons. The smallest absolute Gasteiger partial charge is 0.220 e. The number of carbonyl (C=O) groups excluding carboxylic acids is 1. The molecule has 2 fully saturated rings. The van der Waals surface area contributed by atoms with Crippen LogP contribution in [0, 0.1) is 16.7 Å². The van der Waals surface area contributed by atoms with Gasteiger partial charge in [0.2, 0.25) is 5.91 Å². The molecule has 1 amide bonds. The van der Waals surface area contributed by atoms with E-state index < -0.39 is 0 Å². The Labute approximate surface area is 142 Å². The third kappa shape index (κ3) is 4.49. The molecule has 3 atom stereocenters. The quantitative estimate of drug-likeness (QED) is 0.728. The average Bonchev–Trinajstić information content (AvgIpc) is 2.65. The zero-order valence-electron chi connectivity index (χ0n) is 15.5. The van der Waals surface area contributed by atoms with Gasteiger partial charge < -0.3 is 10.4 Å². The summed E-state index contributed by atoms with van der Waals surface area (Å²) in [7, 11) is 0. The number of nitrogens with one attached hydrogen (secondary N) is 1. The van der Waals surface area contributed by atoms with E-state index in [2.05, 4.69) is 26.1 Å². The molecule has 3 heteroatoms. The van der Waals surface area contributed by atoms with Gasteiger partial charge in [-0.05, 0) is 55.3 Å². The summed E-state index contributed by atoms with van der Waals surface area (Å²) < 4.78 is 0. The highest BCUT2D eigenvalue weighted by Gasteiger charge is 2.49. The van der Waals surface area contributed by atoms with E-state index in [-0.39, 0.29) is 24.0 Å². The van der Waals surface area contributed by atoms with E-state index in [9.17, 15) is 9.90 Å². The molecule has 0 bridgehead atoms. The topological polar surface area (TPSA) is 49.3 Å². The summed E-state index contributed by atoms with van der Waals surface area (Å²) in [6.07, 6.45) is 13.2. The van der Waals surface area contributed by atoms with E-state index in [4.69, 9.17) is 0 Å². The lowest BCUT2D eigenvalue weighted by Crippen LogP contribution is -2.43. The van der Waals surface area contributed by atoms with Gasteiger partial charge in [-0.15, -0.1) is 0 Å². The van der Waals surface area contributed by atoms with Crippen LogP contribution in [0.15, 0.2) is 0 Å². The number of aliphatic hydroxyl groups excluding tert-OH is 1. The molecule has 0 aromatic heterocycles. The standard InChI is InChI=1S/C20H37NO2/c1-4-6-9-20(10-7-5-2)11-8-16-12-18(23)21-17(14-22)13-19(16,3)15-20/h16-17,22H,4-15H2,1-3H3,(H,21,23)/t16-,17-,19+/m0/s1. The maximum absolute atomic E-state index is 12.1. The third-order valence-electron chi connectivity index (χ3n) is 6.64. The molecule has 2 aliphatic rings. The van der Waals surface area contributed by atoms with E-state index in [1.54, 1.807) is 0 Å². The molecule has 1 aliphatic carbocycles. The van der Waals surface area contributed by atoms with Crippen LogP contribution in [0.4, 0.5) is 0 Å². The van der Waals surface area contributed by atoms with Crippen molar-refractivity contribution in [3.8, 4) is 0 Å². The highest BCUT2D eigenvalue weighted by Crippen LogP contribution is 2.57. The van der Waals surface area contributed by atoms with E-state index in [1.165, 1.54) is 57.8 Å². The number of amides is 1. The Bertz CT molecular complexity index is 387. The molecule has 0 spiro atoms. The van der Waals surface area contributed by atoms with Gasteiger partial charge in [0, 0.05) is 6.42 Å². The van der Waals surface area contributed by atoms with Crippen LogP contribution in [-0.2, 0) is 4.79 Å². The number of carbonyl (C=O) groups is 1. The second kappa shape index (κ2) is 8.00. The van der Waals surface area contributed by atoms with Gasteiger partial charge in [0.1, 0.15) is 0 Å². The molecule has 3 nitrogen and oxygen atoms in total. The zero-order valence-corrected chi connectivity index (χ0v) is 15.5. The largest absolute Gasteiger partial charge is 0.394 e. The average molecular weight is 324 g/mol. The van der Waals surface area contributed by atoms with Gasteiger partial charge in [-0.3, -0.25) is 4.79 Å². The summed E-state index contributed by atoms with van der Waals surface area (Å²) >= 11 is 0. The van der Waals surface area contributed by atoms with Crippen molar-refractivity contribution in [2.45, 2.75) is 97.4 Å². The van der Waals surface area contributed by atoms with Crippen molar-refractivity contribution >= 4 is 5.91 Å². The van der Waals surface area contributed by atoms with Crippen LogP contribution in [0.2, 0.25) is 0 Å². The predicted octanol–water partition coefficient (Wildman–Crippen LogP) is 4.43. The van der Waals surface area contributed by atoms with Gasteiger partial charge in [-0.25, -0.2) is 0 Å². The summed E-state index contributed by atoms with van der Waals surface area (Å²) in [5.41, 5.74) is 0.678. The lowest BCUT2D eigenvalue weighted by Gasteiger charge is -2.51. The molecule has 0 aromatic rings. The van der Waals surface area contributed by atoms with Crippen LogP contribution in [0.3, 0.4) is 0 Å². The Morgan fingerprint density at radius 3 is 2.43 bits per heavy atom. The van der Waals surface area contributed by atoms with E-state index in [1.807, 2.05) is 0 Å². The van der Waals surface area contributed by atoms with Crippen molar-refractivity contribution in [2.24, 2.45) is 16.7 Å². The molecule has 0 aromatic carbocycles. The van der Waals surface area contributed by atoms with Gasteiger partial charge in [-0.2, -0.15) is 0 Å². The lowest BCUT2D eigenvalue weighted by molar-refractivity contribution is -0.123. The molecular formula is C20H37NO2. The van der Waals surface area contributed by atoms with Crippen LogP contribution in [0.5, 0.6) is 0 Å². The summed E-state index contributed by atoms with van der Waals surface area (Å²) in [4.78, 5) is 12.1. The first-order chi connectivity index (χ1) is 11.0. The number of fused-ring (bicyclic) bond motifs is 1. The SMILES string of the molecule is CCCCC1(CCCC)CC[C@H]2CC(=O)N[C@H](CO)C[C@]2(C)C1. The Morgan fingerprint density at radius 2 is 1.87 bits per heavy atom. The fraction of sp³-hybridized carbons (Fsp3) is 0.950. The fourth-order valence-corrected chi connectivity index (χ4v) is 5.40. The number of hydrogen-bond acceptors (Lipinski definition) is 2. The first-order valence-corrected chi connectivity index (χ1v) is 9.87. The minimum absolute atomic E-state index is 0.0503. The van der Waals surface area contributed by atoms with Crippen molar-refractivity contribution in [2.75, 3.05) is 6.61 Å². The number of aliphatic hydroxyl groups is 1. The fourth-order valence-electron chi connectivity index (χ4n) is 5.40. The predicted molar refractivity (Wildman–Crippen MR) is 95.2 cm³/mol. The van der Waals surface area contributed by atoms with Crippen LogP contribution in [0.25, 0.3) is 0 Å². The summed E-state index contributed by atoms with van der Waals surface area (Å²) in [5.74, 6) is 0.641. The molecule has 2 rings (SSSR count). The monoisotopic (exact) mass is 323 g/mol. The summed E-state index contributed by atoms with van der Waals surface area (Å²) in [5, 5.41) is 12.7. The Kier molecular flexibility index (Phi) is 6.53. The Hall–Kier alpha value is -0.570. The highest BCUT2D eigenvalue weighted by atomic mass is 16.3. The Morgan fingerprint density at radius 1 is 1.22 bits per heavy atom. The van der Waals surface area contributed by atoms with Crippen molar-refractivity contribution in [1.82, 2.24) is 5.32 Å². The molecule has 1 aliphatic heterocycles. The zero-order chi connectivity index (χ0) is 16.9. The van der Waals surface area contributed by atoms with Crippen LogP contribution in [0.1, 0.15) is 91.4 Å². The van der Waals surface area contributed by atoms with Crippen LogP contribution in [-0.4, -0.2) is 23.7 Å². The van der Waals surface area contributed by atoms with Gasteiger partial charge in [0.15, 0.2) is 0 Å². The second-order valence-electron chi connectivity index (χ2n) is 8.63. The first kappa shape index (κ1) is 18.8. The van der Waals surface area contributed by atoms with Gasteiger partial charge >= 0.3 is 0 Å². The second-order valence-corrected chi connectivity index (χ2v) is 8.63. The van der Waals surface area contributed by atoms with Crippen molar-refractivity contribution < 1.29 is 9.90 Å². The molecule has 23 heavy (non-hydrogen) atoms. The van der Waals surface area contributed by atoms with E-state index in [0.717, 1.165) is 6.42 Å². The van der Waals surface area contributed by atoms with Gasteiger partial charge in [0.05, 0.1) is 12.6 Å². The number of unbranched alkanes of at least 4 members (excludes halogenated alkanes) is 2. The molecular weight excluding hydrogens is 286 g/mol. The van der Waals surface area contributed by atoms with E-state index in [0.29, 0.717) is 17.8 Å². The van der Waals surface area contributed by atoms with Crippen molar-refractivity contribution in [3.63, 3.8) is 0 Å². The molecule has 1 heterocycles. The molecule has 134 valence electrons. The Balaban J connectivity index is 2.19. The summed E-state index contributed by atoms with van der Waals surface area (Å²) in [6, 6.07) is -0.0503. The minimum atomic E-state index is -0.0503. The van der Waals surface area contributed by atoms with E-state index >= 15 is 0 Å². The van der Waals surface area contributed by atoms with Crippen LogP contribution >= 0.6 is 0 Å². The maximum atomic E-state index is 12.1. The lowest BCUT2D eigenvalue weighted by atomic mass is 9.53. The minimum Gasteiger partial charge on any atom is -0.394 e. The first-order valence-electron chi connectivity index (χ1n) is 9.87.